The van der Waals surface area contributed by atoms with E-state index in [2.05, 4.69) is 9.82 Å². The van der Waals surface area contributed by atoms with Crippen molar-refractivity contribution in [3.63, 3.8) is 0 Å². The van der Waals surface area contributed by atoms with Gasteiger partial charge in [-0.05, 0) is 48.9 Å². The van der Waals surface area contributed by atoms with Crippen LogP contribution >= 0.6 is 0 Å². The lowest BCUT2D eigenvalue weighted by Gasteiger charge is -2.18. The van der Waals surface area contributed by atoms with Gasteiger partial charge in [0.2, 0.25) is 11.3 Å². The van der Waals surface area contributed by atoms with Crippen LogP contribution in [0.15, 0.2) is 58.6 Å². The van der Waals surface area contributed by atoms with Crippen molar-refractivity contribution in [2.24, 2.45) is 12.1 Å². The second-order valence-corrected chi connectivity index (χ2v) is 8.24. The van der Waals surface area contributed by atoms with E-state index < -0.39 is 28.9 Å². The summed E-state index contributed by atoms with van der Waals surface area (Å²) in [5.41, 5.74) is 3.05. The molecule has 2 aromatic carbocycles. The zero-order valence-corrected chi connectivity index (χ0v) is 18.3. The molecule has 1 aliphatic rings. The zero-order valence-electron chi connectivity index (χ0n) is 17.5. The lowest BCUT2D eigenvalue weighted by molar-refractivity contribution is 0.526. The van der Waals surface area contributed by atoms with Gasteiger partial charge in [0, 0.05) is 54.7 Å². The first-order chi connectivity index (χ1) is 15.2. The van der Waals surface area contributed by atoms with Gasteiger partial charge in [0.15, 0.2) is 0 Å². The van der Waals surface area contributed by atoms with Gasteiger partial charge >= 0.3 is 0 Å². The molecule has 1 aromatic heterocycles. The number of pyridine rings is 1. The third-order valence-electron chi connectivity index (χ3n) is 5.35. The average molecular weight is 458 g/mol. The summed E-state index contributed by atoms with van der Waals surface area (Å²) in [5, 5.41) is 6.13. The van der Waals surface area contributed by atoms with E-state index in [1.54, 1.807) is 45.4 Å². The fourth-order valence-corrected chi connectivity index (χ4v) is 4.16. The van der Waals surface area contributed by atoms with Gasteiger partial charge < -0.3 is 4.57 Å². The van der Waals surface area contributed by atoms with E-state index in [1.165, 1.54) is 33.8 Å². The molecule has 0 bridgehead atoms. The lowest BCUT2D eigenvalue weighted by atomic mass is 9.90. The van der Waals surface area contributed by atoms with Crippen molar-refractivity contribution in [1.29, 1.82) is 0 Å². The standard InChI is InChI=1S/C22H20F2N4O3S/c1-12(26-32(30)31)15-8-16-17(9-19(15)24)22(13-4-6-14(23)7-5-13)25-28(3)20-10-21(29)27(2)11-18(16)20/h4-12,26H,1-3H3,(H,30,31). The smallest absolute Gasteiger partial charge is 0.252 e. The van der Waals surface area contributed by atoms with Crippen molar-refractivity contribution in [3.05, 3.63) is 87.3 Å². The number of halogens is 2. The maximum absolute atomic E-state index is 15.2. The number of fused-ring (bicyclic) bond motifs is 3. The Kier molecular flexibility index (Phi) is 5.76. The molecule has 0 aliphatic carbocycles. The lowest BCUT2D eigenvalue weighted by Crippen LogP contribution is -2.22. The van der Waals surface area contributed by atoms with Crippen LogP contribution in [0.1, 0.15) is 29.7 Å². The highest BCUT2D eigenvalue weighted by Crippen LogP contribution is 2.38. The van der Waals surface area contributed by atoms with Gasteiger partial charge in [-0.25, -0.2) is 17.7 Å². The van der Waals surface area contributed by atoms with Crippen molar-refractivity contribution >= 4 is 22.7 Å². The highest BCUT2D eigenvalue weighted by molar-refractivity contribution is 7.77. The summed E-state index contributed by atoms with van der Waals surface area (Å²) in [6, 6.07) is 9.23. The molecule has 166 valence electrons. The van der Waals surface area contributed by atoms with Crippen LogP contribution in [0.2, 0.25) is 0 Å². The summed E-state index contributed by atoms with van der Waals surface area (Å²) < 4.78 is 52.9. The van der Waals surface area contributed by atoms with E-state index in [0.29, 0.717) is 33.7 Å². The number of anilines is 1. The molecule has 4 rings (SSSR count). The predicted molar refractivity (Wildman–Crippen MR) is 120 cm³/mol. The molecule has 10 heteroatoms. The minimum absolute atomic E-state index is 0.175. The number of hydrazone groups is 1. The molecule has 0 saturated carbocycles. The van der Waals surface area contributed by atoms with Crippen LogP contribution in [0.25, 0.3) is 11.1 Å². The first-order valence-corrected chi connectivity index (χ1v) is 10.8. The second-order valence-electron chi connectivity index (χ2n) is 7.51. The number of nitrogens with one attached hydrogen (secondary N) is 1. The second kappa shape index (κ2) is 8.38. The third kappa shape index (κ3) is 3.99. The molecular formula is C22H20F2N4O3S. The summed E-state index contributed by atoms with van der Waals surface area (Å²) in [6.45, 7) is 1.57. The molecule has 2 unspecified atom stereocenters. The van der Waals surface area contributed by atoms with Crippen LogP contribution in [-0.4, -0.2) is 26.1 Å². The van der Waals surface area contributed by atoms with Crippen molar-refractivity contribution in [2.75, 3.05) is 12.1 Å². The Morgan fingerprint density at radius 2 is 1.75 bits per heavy atom. The maximum atomic E-state index is 15.2. The average Bonchev–Trinajstić information content (AvgIpc) is 2.83. The van der Waals surface area contributed by atoms with Gasteiger partial charge in [0.05, 0.1) is 11.4 Å². The molecule has 2 heterocycles. The zero-order chi connectivity index (χ0) is 23.2. The highest BCUT2D eigenvalue weighted by Gasteiger charge is 2.26. The Labute approximate surface area is 185 Å². The molecule has 32 heavy (non-hydrogen) atoms. The number of aryl methyl sites for hydroxylation is 1. The van der Waals surface area contributed by atoms with Crippen molar-refractivity contribution in [2.45, 2.75) is 13.0 Å². The SMILES string of the molecule is CC(NS(=O)O)c1cc2c(cc1F)C(c1ccc(F)cc1)=NN(C)c1cc(=O)n(C)cc1-2. The fraction of sp³-hybridized carbons (Fsp3) is 0.182. The normalized spacial score (nSPS) is 14.8. The molecule has 0 spiro atoms. The monoisotopic (exact) mass is 458 g/mol. The van der Waals surface area contributed by atoms with Gasteiger partial charge in [-0.3, -0.25) is 14.4 Å². The van der Waals surface area contributed by atoms with Crippen molar-refractivity contribution in [1.82, 2.24) is 9.29 Å². The van der Waals surface area contributed by atoms with Gasteiger partial charge in [0.25, 0.3) is 5.56 Å². The molecule has 0 radical (unpaired) electrons. The summed E-state index contributed by atoms with van der Waals surface area (Å²) in [5.74, 6) is -1.01. The number of aromatic nitrogens is 1. The van der Waals surface area contributed by atoms with E-state index in [1.807, 2.05) is 0 Å². The summed E-state index contributed by atoms with van der Waals surface area (Å²) >= 11 is -2.34. The molecular weight excluding hydrogens is 438 g/mol. The Balaban J connectivity index is 2.03. The Hall–Kier alpha value is -3.21. The quantitative estimate of drug-likeness (QED) is 0.588. The summed E-state index contributed by atoms with van der Waals surface area (Å²) in [4.78, 5) is 12.3. The van der Waals surface area contributed by atoms with Crippen LogP contribution in [0.4, 0.5) is 14.5 Å². The number of nitrogens with zero attached hydrogens (tertiary/aromatic N) is 3. The predicted octanol–water partition coefficient (Wildman–Crippen LogP) is 3.32. The topological polar surface area (TPSA) is 86.9 Å². The minimum Gasteiger partial charge on any atom is -0.318 e. The van der Waals surface area contributed by atoms with Gasteiger partial charge in [-0.2, -0.15) is 5.10 Å². The van der Waals surface area contributed by atoms with Crippen LogP contribution < -0.4 is 15.3 Å². The largest absolute Gasteiger partial charge is 0.318 e. The molecule has 0 amide bonds. The van der Waals surface area contributed by atoms with Gasteiger partial charge in [0.1, 0.15) is 11.6 Å². The first-order valence-electron chi connectivity index (χ1n) is 9.66. The minimum atomic E-state index is -2.34. The van der Waals surface area contributed by atoms with Gasteiger partial charge in [-0.15, -0.1) is 0 Å². The van der Waals surface area contributed by atoms with Crippen molar-refractivity contribution in [3.8, 4) is 11.1 Å². The van der Waals surface area contributed by atoms with E-state index in [4.69, 9.17) is 0 Å². The molecule has 7 nitrogen and oxygen atoms in total. The van der Waals surface area contributed by atoms with Crippen LogP contribution in [0.3, 0.4) is 0 Å². The van der Waals surface area contributed by atoms with Crippen LogP contribution in [0, 0.1) is 11.6 Å². The number of rotatable bonds is 4. The molecule has 2 atom stereocenters. The molecule has 0 saturated heterocycles. The Bertz CT molecular complexity index is 1320. The van der Waals surface area contributed by atoms with E-state index in [9.17, 15) is 17.9 Å². The van der Waals surface area contributed by atoms with E-state index in [-0.39, 0.29) is 11.1 Å². The number of hydrogen-bond donors (Lipinski definition) is 2. The highest BCUT2D eigenvalue weighted by atomic mass is 32.2. The fourth-order valence-electron chi connectivity index (χ4n) is 3.73. The third-order valence-corrected chi connectivity index (χ3v) is 5.90. The number of hydrogen-bond acceptors (Lipinski definition) is 4. The van der Waals surface area contributed by atoms with Crippen LogP contribution in [-0.2, 0) is 18.3 Å². The maximum Gasteiger partial charge on any atom is 0.252 e. The number of benzene rings is 2. The Morgan fingerprint density at radius 1 is 1.06 bits per heavy atom. The molecule has 2 N–H and O–H groups in total. The Morgan fingerprint density at radius 3 is 2.41 bits per heavy atom. The van der Waals surface area contributed by atoms with Crippen LogP contribution in [0.5, 0.6) is 0 Å². The molecule has 0 fully saturated rings. The van der Waals surface area contributed by atoms with E-state index in [0.717, 1.165) is 0 Å². The molecule has 3 aromatic rings. The molecule has 1 aliphatic heterocycles. The first kappa shape index (κ1) is 22.0. The van der Waals surface area contributed by atoms with E-state index >= 15 is 4.39 Å². The van der Waals surface area contributed by atoms with Crippen molar-refractivity contribution < 1.29 is 17.5 Å². The summed E-state index contributed by atoms with van der Waals surface area (Å²) in [7, 11) is 3.28. The van der Waals surface area contributed by atoms with Gasteiger partial charge in [-0.1, -0.05) is 0 Å². The summed E-state index contributed by atoms with van der Waals surface area (Å²) in [6.07, 6.45) is 1.64.